The van der Waals surface area contributed by atoms with Crippen LogP contribution in [0.4, 0.5) is 15.9 Å². The van der Waals surface area contributed by atoms with Gasteiger partial charge in [0.25, 0.3) is 5.91 Å². The molecule has 0 spiro atoms. The van der Waals surface area contributed by atoms with Crippen molar-refractivity contribution < 1.29 is 13.9 Å². The van der Waals surface area contributed by atoms with E-state index in [-0.39, 0.29) is 11.7 Å². The number of piperazine rings is 1. The van der Waals surface area contributed by atoms with E-state index in [0.29, 0.717) is 50.8 Å². The number of morpholine rings is 1. The summed E-state index contributed by atoms with van der Waals surface area (Å²) in [5, 5.41) is 8.33. The minimum Gasteiger partial charge on any atom is -0.378 e. The van der Waals surface area contributed by atoms with Crippen molar-refractivity contribution in [2.24, 2.45) is 0 Å². The fourth-order valence-electron chi connectivity index (χ4n) is 3.42. The molecule has 1 aromatic carbocycles. The number of carbonyl (C=O) groups excluding carboxylic acids is 1. The van der Waals surface area contributed by atoms with E-state index >= 15 is 0 Å². The molecule has 2 aliphatic rings. The first-order valence-corrected chi connectivity index (χ1v) is 9.17. The number of para-hydroxylation sites is 1. The minimum atomic E-state index is -0.234. The Hall–Kier alpha value is -2.74. The van der Waals surface area contributed by atoms with E-state index in [9.17, 15) is 9.18 Å². The molecule has 142 valence electrons. The molecule has 4 rings (SSSR count). The minimum absolute atomic E-state index is 0.135. The zero-order valence-corrected chi connectivity index (χ0v) is 15.1. The highest BCUT2D eigenvalue weighted by Crippen LogP contribution is 2.21. The fraction of sp³-hybridized carbons (Fsp3) is 0.421. The standard InChI is InChI=1S/C19H22FN5O2/c20-15-3-1-2-4-17(15)23-7-9-25(10-8-23)19(26)16-5-6-18(22-21-16)24-11-13-27-14-12-24/h1-6H,7-14H2. The van der Waals surface area contributed by atoms with Crippen LogP contribution in [0.5, 0.6) is 0 Å². The number of amides is 1. The quantitative estimate of drug-likeness (QED) is 0.813. The molecule has 2 aliphatic heterocycles. The van der Waals surface area contributed by atoms with Gasteiger partial charge in [-0.1, -0.05) is 12.1 Å². The Morgan fingerprint density at radius 1 is 0.889 bits per heavy atom. The molecule has 1 aromatic heterocycles. The molecule has 0 radical (unpaired) electrons. The van der Waals surface area contributed by atoms with Crippen molar-refractivity contribution >= 4 is 17.4 Å². The summed E-state index contributed by atoms with van der Waals surface area (Å²) >= 11 is 0. The SMILES string of the molecule is O=C(c1ccc(N2CCOCC2)nn1)N1CCN(c2ccccc2F)CC1. The summed E-state index contributed by atoms with van der Waals surface area (Å²) in [7, 11) is 0. The van der Waals surface area contributed by atoms with E-state index in [1.165, 1.54) is 6.07 Å². The predicted molar refractivity (Wildman–Crippen MR) is 99.6 cm³/mol. The van der Waals surface area contributed by atoms with Crippen molar-refractivity contribution in [2.75, 3.05) is 62.3 Å². The van der Waals surface area contributed by atoms with E-state index < -0.39 is 0 Å². The summed E-state index contributed by atoms with van der Waals surface area (Å²) in [4.78, 5) is 18.5. The maximum atomic E-state index is 13.9. The molecule has 27 heavy (non-hydrogen) atoms. The molecule has 0 unspecified atom stereocenters. The summed E-state index contributed by atoms with van der Waals surface area (Å²) < 4.78 is 19.3. The molecular formula is C19H22FN5O2. The maximum absolute atomic E-state index is 13.9. The van der Waals surface area contributed by atoms with Crippen molar-refractivity contribution in [1.82, 2.24) is 15.1 Å². The van der Waals surface area contributed by atoms with Gasteiger partial charge < -0.3 is 19.4 Å². The Labute approximate surface area is 157 Å². The van der Waals surface area contributed by atoms with Crippen LogP contribution in [0, 0.1) is 5.82 Å². The Balaban J connectivity index is 1.37. The highest BCUT2D eigenvalue weighted by atomic mass is 19.1. The Bertz CT molecular complexity index is 787. The van der Waals surface area contributed by atoms with E-state index in [0.717, 1.165) is 18.9 Å². The topological polar surface area (TPSA) is 61.8 Å². The van der Waals surface area contributed by atoms with Crippen molar-refractivity contribution in [3.8, 4) is 0 Å². The van der Waals surface area contributed by atoms with Gasteiger partial charge >= 0.3 is 0 Å². The van der Waals surface area contributed by atoms with Gasteiger partial charge in [0.15, 0.2) is 11.5 Å². The molecule has 1 amide bonds. The van der Waals surface area contributed by atoms with Crippen molar-refractivity contribution in [2.45, 2.75) is 0 Å². The first kappa shape index (κ1) is 17.7. The van der Waals surface area contributed by atoms with Crippen molar-refractivity contribution in [3.05, 3.63) is 47.9 Å². The van der Waals surface area contributed by atoms with Gasteiger partial charge in [-0.25, -0.2) is 4.39 Å². The molecule has 2 aromatic rings. The second-order valence-corrected chi connectivity index (χ2v) is 6.61. The number of anilines is 2. The predicted octanol–water partition coefficient (Wildman–Crippen LogP) is 1.41. The van der Waals surface area contributed by atoms with Gasteiger partial charge in [-0.2, -0.15) is 0 Å². The van der Waals surface area contributed by atoms with Gasteiger partial charge in [-0.3, -0.25) is 4.79 Å². The first-order valence-electron chi connectivity index (χ1n) is 9.17. The summed E-state index contributed by atoms with van der Waals surface area (Å²) in [6.45, 7) is 5.14. The molecule has 0 aliphatic carbocycles. The van der Waals surface area contributed by atoms with Crippen LogP contribution in [0.25, 0.3) is 0 Å². The summed E-state index contributed by atoms with van der Waals surface area (Å²) in [6, 6.07) is 10.3. The van der Waals surface area contributed by atoms with Crippen LogP contribution in [-0.2, 0) is 4.74 Å². The summed E-state index contributed by atoms with van der Waals surface area (Å²) in [5.41, 5.74) is 0.922. The van der Waals surface area contributed by atoms with E-state index in [1.807, 2.05) is 17.0 Å². The van der Waals surface area contributed by atoms with Crippen molar-refractivity contribution in [1.29, 1.82) is 0 Å². The van der Waals surface area contributed by atoms with Gasteiger partial charge in [0.05, 0.1) is 18.9 Å². The second kappa shape index (κ2) is 7.87. The molecule has 0 bridgehead atoms. The van der Waals surface area contributed by atoms with Gasteiger partial charge in [0.1, 0.15) is 5.82 Å². The average molecular weight is 371 g/mol. The number of benzene rings is 1. The second-order valence-electron chi connectivity index (χ2n) is 6.61. The lowest BCUT2D eigenvalue weighted by Gasteiger charge is -2.36. The molecule has 2 saturated heterocycles. The third-order valence-electron chi connectivity index (χ3n) is 4.96. The number of hydrogen-bond donors (Lipinski definition) is 0. The number of hydrogen-bond acceptors (Lipinski definition) is 6. The van der Waals surface area contributed by atoms with Gasteiger partial charge in [0, 0.05) is 39.3 Å². The lowest BCUT2D eigenvalue weighted by molar-refractivity contribution is 0.0739. The van der Waals surface area contributed by atoms with Crippen LogP contribution >= 0.6 is 0 Å². The monoisotopic (exact) mass is 371 g/mol. The third kappa shape index (κ3) is 3.85. The number of carbonyl (C=O) groups is 1. The highest BCUT2D eigenvalue weighted by Gasteiger charge is 2.25. The van der Waals surface area contributed by atoms with Crippen LogP contribution in [0.3, 0.4) is 0 Å². The molecule has 0 atom stereocenters. The lowest BCUT2D eigenvalue weighted by Crippen LogP contribution is -2.49. The number of nitrogens with zero attached hydrogens (tertiary/aromatic N) is 5. The molecule has 2 fully saturated rings. The smallest absolute Gasteiger partial charge is 0.274 e. The van der Waals surface area contributed by atoms with Crippen LogP contribution in [0.15, 0.2) is 36.4 Å². The maximum Gasteiger partial charge on any atom is 0.274 e. The van der Waals surface area contributed by atoms with Crippen LogP contribution < -0.4 is 9.80 Å². The summed E-state index contributed by atoms with van der Waals surface area (Å²) in [5.74, 6) is 0.394. The van der Waals surface area contributed by atoms with E-state index in [4.69, 9.17) is 4.74 Å². The lowest BCUT2D eigenvalue weighted by atomic mass is 10.2. The molecule has 8 heteroatoms. The molecule has 7 nitrogen and oxygen atoms in total. The molecular weight excluding hydrogens is 349 g/mol. The van der Waals surface area contributed by atoms with Crippen LogP contribution in [-0.4, -0.2) is 73.5 Å². The van der Waals surface area contributed by atoms with Gasteiger partial charge in [0.2, 0.25) is 0 Å². The Morgan fingerprint density at radius 2 is 1.63 bits per heavy atom. The average Bonchev–Trinajstić information content (AvgIpc) is 2.74. The van der Waals surface area contributed by atoms with Crippen molar-refractivity contribution in [3.63, 3.8) is 0 Å². The van der Waals surface area contributed by atoms with Crippen LogP contribution in [0.2, 0.25) is 0 Å². The van der Waals surface area contributed by atoms with E-state index in [2.05, 4.69) is 15.1 Å². The first-order chi connectivity index (χ1) is 13.2. The summed E-state index contributed by atoms with van der Waals surface area (Å²) in [6.07, 6.45) is 0. The zero-order valence-electron chi connectivity index (χ0n) is 15.1. The fourth-order valence-corrected chi connectivity index (χ4v) is 3.42. The highest BCUT2D eigenvalue weighted by molar-refractivity contribution is 5.92. The van der Waals surface area contributed by atoms with Gasteiger partial charge in [-0.15, -0.1) is 10.2 Å². The zero-order chi connectivity index (χ0) is 18.6. The molecule has 3 heterocycles. The van der Waals surface area contributed by atoms with Crippen LogP contribution in [0.1, 0.15) is 10.5 Å². The third-order valence-corrected chi connectivity index (χ3v) is 4.96. The number of rotatable bonds is 3. The van der Waals surface area contributed by atoms with Gasteiger partial charge in [-0.05, 0) is 24.3 Å². The Kier molecular flexibility index (Phi) is 5.15. The van der Waals surface area contributed by atoms with E-state index in [1.54, 1.807) is 23.1 Å². The number of halogens is 1. The Morgan fingerprint density at radius 3 is 2.30 bits per heavy atom. The molecule has 0 N–H and O–H groups in total. The number of aromatic nitrogens is 2. The number of ether oxygens (including phenoxy) is 1. The molecule has 0 saturated carbocycles. The normalized spacial score (nSPS) is 17.9. The largest absolute Gasteiger partial charge is 0.378 e.